The Morgan fingerprint density at radius 1 is 1.35 bits per heavy atom. The summed E-state index contributed by atoms with van der Waals surface area (Å²) in [5, 5.41) is 9.77. The van der Waals surface area contributed by atoms with Crippen LogP contribution in [0.5, 0.6) is 0 Å². The Morgan fingerprint density at radius 2 is 2.09 bits per heavy atom. The summed E-state index contributed by atoms with van der Waals surface area (Å²) in [7, 11) is 0. The molecule has 1 aromatic heterocycles. The topological polar surface area (TPSA) is 53.7 Å². The molecule has 2 unspecified atom stereocenters. The van der Waals surface area contributed by atoms with Crippen molar-refractivity contribution in [2.45, 2.75) is 25.9 Å². The number of carbonyl (C=O) groups excluding carboxylic acids is 1. The Labute approximate surface area is 134 Å². The van der Waals surface area contributed by atoms with Gasteiger partial charge in [-0.1, -0.05) is 12.1 Å². The maximum atomic E-state index is 13.1. The Balaban J connectivity index is 1.83. The van der Waals surface area contributed by atoms with E-state index in [1.807, 2.05) is 0 Å². The maximum absolute atomic E-state index is 13.1. The number of amides is 1. The largest absolute Gasteiger partial charge is 0.459 e. The van der Waals surface area contributed by atoms with Crippen LogP contribution in [-0.4, -0.2) is 35.1 Å². The highest BCUT2D eigenvalue weighted by Crippen LogP contribution is 2.28. The summed E-state index contributed by atoms with van der Waals surface area (Å²) in [4.78, 5) is 14.5. The van der Waals surface area contributed by atoms with Crippen LogP contribution in [0.3, 0.4) is 0 Å². The highest BCUT2D eigenvalue weighted by molar-refractivity contribution is 5.98. The van der Waals surface area contributed by atoms with Crippen LogP contribution in [0, 0.1) is 11.7 Å². The van der Waals surface area contributed by atoms with Gasteiger partial charge in [0.15, 0.2) is 5.76 Å². The molecule has 1 fully saturated rings. The zero-order valence-corrected chi connectivity index (χ0v) is 13.0. The predicted octanol–water partition coefficient (Wildman–Crippen LogP) is 3.32. The van der Waals surface area contributed by atoms with E-state index in [1.165, 1.54) is 18.4 Å². The minimum Gasteiger partial charge on any atom is -0.459 e. The first-order chi connectivity index (χ1) is 11.1. The van der Waals surface area contributed by atoms with E-state index in [9.17, 15) is 14.3 Å². The number of rotatable bonds is 3. The van der Waals surface area contributed by atoms with Crippen LogP contribution in [0.25, 0.3) is 11.1 Å². The molecule has 3 rings (SSSR count). The van der Waals surface area contributed by atoms with Gasteiger partial charge in [-0.3, -0.25) is 4.79 Å². The number of benzene rings is 1. The van der Waals surface area contributed by atoms with Crippen molar-refractivity contribution in [3.63, 3.8) is 0 Å². The third kappa shape index (κ3) is 3.29. The number of halogens is 1. The molecule has 1 aromatic carbocycles. The Kier molecular flexibility index (Phi) is 4.48. The fourth-order valence-corrected chi connectivity index (χ4v) is 3.06. The van der Waals surface area contributed by atoms with E-state index < -0.39 is 6.10 Å². The second-order valence-electron chi connectivity index (χ2n) is 6.06. The van der Waals surface area contributed by atoms with Crippen molar-refractivity contribution >= 4 is 5.91 Å². The first kappa shape index (κ1) is 15.7. The number of furan rings is 1. The van der Waals surface area contributed by atoms with Gasteiger partial charge in [0.25, 0.3) is 5.91 Å². The third-order valence-corrected chi connectivity index (χ3v) is 4.44. The van der Waals surface area contributed by atoms with Crippen LogP contribution in [0.1, 0.15) is 30.3 Å². The summed E-state index contributed by atoms with van der Waals surface area (Å²) in [5.41, 5.74) is 1.40. The van der Waals surface area contributed by atoms with Gasteiger partial charge in [0, 0.05) is 24.6 Å². The van der Waals surface area contributed by atoms with Crippen molar-refractivity contribution in [3.8, 4) is 11.1 Å². The minimum absolute atomic E-state index is 0.0944. The maximum Gasteiger partial charge on any atom is 0.290 e. The lowest BCUT2D eigenvalue weighted by Gasteiger charge is -2.33. The molecule has 1 N–H and O–H groups in total. The van der Waals surface area contributed by atoms with Gasteiger partial charge in [0.1, 0.15) is 5.82 Å². The second-order valence-corrected chi connectivity index (χ2v) is 6.06. The van der Waals surface area contributed by atoms with Crippen molar-refractivity contribution in [2.24, 2.45) is 5.92 Å². The number of likely N-dealkylation sites (tertiary alicyclic amines) is 1. The molecule has 5 heteroatoms. The van der Waals surface area contributed by atoms with Crippen LogP contribution < -0.4 is 0 Å². The van der Waals surface area contributed by atoms with Crippen molar-refractivity contribution in [2.75, 3.05) is 13.1 Å². The number of piperidine rings is 1. The molecule has 122 valence electrons. The van der Waals surface area contributed by atoms with Crippen LogP contribution >= 0.6 is 0 Å². The van der Waals surface area contributed by atoms with Crippen molar-refractivity contribution < 1.29 is 18.7 Å². The molecule has 1 amide bonds. The van der Waals surface area contributed by atoms with E-state index >= 15 is 0 Å². The van der Waals surface area contributed by atoms with E-state index in [4.69, 9.17) is 4.42 Å². The van der Waals surface area contributed by atoms with E-state index in [0.29, 0.717) is 18.7 Å². The fraction of sp³-hybridized carbons (Fsp3) is 0.389. The van der Waals surface area contributed by atoms with Crippen LogP contribution in [0.2, 0.25) is 0 Å². The smallest absolute Gasteiger partial charge is 0.290 e. The zero-order chi connectivity index (χ0) is 16.4. The first-order valence-electron chi connectivity index (χ1n) is 7.87. The molecular weight excluding hydrogens is 297 g/mol. The number of hydrogen-bond donors (Lipinski definition) is 1. The average molecular weight is 317 g/mol. The monoisotopic (exact) mass is 317 g/mol. The van der Waals surface area contributed by atoms with E-state index in [-0.39, 0.29) is 23.4 Å². The molecule has 2 heterocycles. The van der Waals surface area contributed by atoms with E-state index in [0.717, 1.165) is 18.4 Å². The lowest BCUT2D eigenvalue weighted by molar-refractivity contribution is 0.0444. The summed E-state index contributed by atoms with van der Waals surface area (Å²) in [6.07, 6.45) is 2.83. The predicted molar refractivity (Wildman–Crippen MR) is 84.4 cm³/mol. The lowest BCUT2D eigenvalue weighted by Crippen LogP contribution is -2.42. The first-order valence-corrected chi connectivity index (χ1v) is 7.87. The molecule has 0 spiro atoms. The fourth-order valence-electron chi connectivity index (χ4n) is 3.06. The van der Waals surface area contributed by atoms with E-state index in [2.05, 4.69) is 0 Å². The highest BCUT2D eigenvalue weighted by atomic mass is 19.1. The van der Waals surface area contributed by atoms with Gasteiger partial charge in [-0.2, -0.15) is 0 Å². The molecule has 1 saturated heterocycles. The summed E-state index contributed by atoms with van der Waals surface area (Å²) in [6.45, 7) is 2.95. The molecule has 23 heavy (non-hydrogen) atoms. The minimum atomic E-state index is -0.432. The van der Waals surface area contributed by atoms with Crippen LogP contribution in [0.15, 0.2) is 41.0 Å². The molecule has 1 aliphatic rings. The van der Waals surface area contributed by atoms with Gasteiger partial charge < -0.3 is 14.4 Å². The summed E-state index contributed by atoms with van der Waals surface area (Å²) >= 11 is 0. The number of carbonyl (C=O) groups is 1. The Bertz CT molecular complexity index is 678. The number of aliphatic hydroxyl groups is 1. The number of hydrogen-bond acceptors (Lipinski definition) is 3. The number of aliphatic hydroxyl groups excluding tert-OH is 1. The molecule has 4 nitrogen and oxygen atoms in total. The van der Waals surface area contributed by atoms with Crippen LogP contribution in [-0.2, 0) is 0 Å². The van der Waals surface area contributed by atoms with Gasteiger partial charge in [-0.15, -0.1) is 0 Å². The zero-order valence-electron chi connectivity index (χ0n) is 13.0. The lowest BCUT2D eigenvalue weighted by atomic mass is 9.93. The normalized spacial score (nSPS) is 19.6. The van der Waals surface area contributed by atoms with Crippen molar-refractivity contribution in [1.82, 2.24) is 4.90 Å². The van der Waals surface area contributed by atoms with Gasteiger partial charge in [-0.05, 0) is 43.5 Å². The summed E-state index contributed by atoms with van der Waals surface area (Å²) in [6, 6.07) is 7.70. The third-order valence-electron chi connectivity index (χ3n) is 4.44. The second kappa shape index (κ2) is 6.54. The SMILES string of the molecule is CC(O)C1CCCN(C(=O)c2occc2-c2ccc(F)cc2)C1. The quantitative estimate of drug-likeness (QED) is 0.945. The molecule has 2 aromatic rings. The molecule has 0 saturated carbocycles. The van der Waals surface area contributed by atoms with Gasteiger partial charge in [-0.25, -0.2) is 4.39 Å². The molecule has 1 aliphatic heterocycles. The Morgan fingerprint density at radius 3 is 2.78 bits per heavy atom. The molecular formula is C18H20FNO3. The highest BCUT2D eigenvalue weighted by Gasteiger charge is 2.29. The molecule has 0 radical (unpaired) electrons. The van der Waals surface area contributed by atoms with E-state index in [1.54, 1.807) is 30.0 Å². The summed E-state index contributed by atoms with van der Waals surface area (Å²) < 4.78 is 18.5. The average Bonchev–Trinajstić information content (AvgIpc) is 3.04. The van der Waals surface area contributed by atoms with Crippen molar-refractivity contribution in [3.05, 3.63) is 48.2 Å². The molecule has 0 aliphatic carbocycles. The summed E-state index contributed by atoms with van der Waals surface area (Å²) in [5.74, 6) is -0.139. The van der Waals surface area contributed by atoms with Crippen molar-refractivity contribution in [1.29, 1.82) is 0 Å². The van der Waals surface area contributed by atoms with Gasteiger partial charge >= 0.3 is 0 Å². The Hall–Kier alpha value is -2.14. The van der Waals surface area contributed by atoms with Crippen LogP contribution in [0.4, 0.5) is 4.39 Å². The molecule has 0 bridgehead atoms. The number of nitrogens with zero attached hydrogens (tertiary/aromatic N) is 1. The van der Waals surface area contributed by atoms with Gasteiger partial charge in [0.2, 0.25) is 0 Å². The molecule has 2 atom stereocenters. The van der Waals surface area contributed by atoms with Gasteiger partial charge in [0.05, 0.1) is 12.4 Å². The standard InChI is InChI=1S/C18H20FNO3/c1-12(21)14-3-2-9-20(11-14)18(22)17-16(8-10-23-17)13-4-6-15(19)7-5-13/h4-8,10,12,14,21H,2-3,9,11H2,1H3.